The summed E-state index contributed by atoms with van der Waals surface area (Å²) in [5, 5.41) is 2.80. The number of hydrogen-bond acceptors (Lipinski definition) is 3. The lowest BCUT2D eigenvalue weighted by Crippen LogP contribution is -2.33. The van der Waals surface area contributed by atoms with Gasteiger partial charge in [-0.1, -0.05) is 42.5 Å². The molecule has 1 amide bonds. The number of nitrogens with one attached hydrogen (secondary N) is 1. The summed E-state index contributed by atoms with van der Waals surface area (Å²) >= 11 is 0. The van der Waals surface area contributed by atoms with Gasteiger partial charge in [-0.05, 0) is 61.4 Å². The third kappa shape index (κ3) is 4.72. The van der Waals surface area contributed by atoms with Gasteiger partial charge < -0.3 is 5.32 Å². The maximum absolute atomic E-state index is 12.5. The van der Waals surface area contributed by atoms with Crippen LogP contribution in [0, 0.1) is 0 Å². The van der Waals surface area contributed by atoms with E-state index in [1.807, 2.05) is 56.3 Å². The summed E-state index contributed by atoms with van der Waals surface area (Å²) in [5.41, 5.74) is 3.18. The minimum Gasteiger partial charge on any atom is -0.322 e. The van der Waals surface area contributed by atoms with Crippen molar-refractivity contribution in [2.75, 3.05) is 12.4 Å². The Morgan fingerprint density at radius 3 is 1.93 bits per heavy atom. The van der Waals surface area contributed by atoms with Gasteiger partial charge in [-0.15, -0.1) is 0 Å². The Morgan fingerprint density at radius 2 is 1.38 bits per heavy atom. The molecule has 0 heterocycles. The normalized spacial score (nSPS) is 11.6. The molecule has 0 aliphatic rings. The van der Waals surface area contributed by atoms with E-state index in [1.54, 1.807) is 31.3 Å². The molecule has 0 saturated carbocycles. The maximum atomic E-state index is 12.5. The Labute approximate surface area is 172 Å². The van der Waals surface area contributed by atoms with Gasteiger partial charge in [-0.2, -0.15) is 4.31 Å². The van der Waals surface area contributed by atoms with Crippen molar-refractivity contribution < 1.29 is 13.2 Å². The summed E-state index contributed by atoms with van der Waals surface area (Å²) < 4.78 is 26.3. The molecule has 0 aliphatic heterocycles. The van der Waals surface area contributed by atoms with Crippen LogP contribution in [-0.2, 0) is 10.0 Å². The number of carbonyl (C=O) groups is 1. The van der Waals surface area contributed by atoms with Crippen LogP contribution in [0.5, 0.6) is 0 Å². The molecule has 6 heteroatoms. The minimum atomic E-state index is -3.55. The molecule has 0 radical (unpaired) electrons. The first-order chi connectivity index (χ1) is 13.8. The summed E-state index contributed by atoms with van der Waals surface area (Å²) in [6.45, 7) is 3.63. The topological polar surface area (TPSA) is 66.5 Å². The summed E-state index contributed by atoms with van der Waals surface area (Å²) in [6, 6.07) is 23.3. The smallest absolute Gasteiger partial charge is 0.255 e. The van der Waals surface area contributed by atoms with Gasteiger partial charge in [-0.3, -0.25) is 4.79 Å². The van der Waals surface area contributed by atoms with Crippen molar-refractivity contribution in [1.29, 1.82) is 0 Å². The highest BCUT2D eigenvalue weighted by atomic mass is 32.2. The Hall–Kier alpha value is -2.96. The van der Waals surface area contributed by atoms with E-state index in [0.717, 1.165) is 11.1 Å². The molecular formula is C23H24N2O3S. The number of sulfonamides is 1. The molecular weight excluding hydrogens is 384 g/mol. The molecule has 0 unspecified atom stereocenters. The second-order valence-electron chi connectivity index (χ2n) is 7.04. The Bertz CT molecular complexity index is 1080. The number of amides is 1. The fraction of sp³-hybridized carbons (Fsp3) is 0.174. The molecule has 0 bridgehead atoms. The third-order valence-corrected chi connectivity index (χ3v) is 6.82. The van der Waals surface area contributed by atoms with Gasteiger partial charge >= 0.3 is 0 Å². The third-order valence-electron chi connectivity index (χ3n) is 4.77. The molecule has 5 nitrogen and oxygen atoms in total. The second kappa shape index (κ2) is 8.59. The van der Waals surface area contributed by atoms with Gasteiger partial charge in [0.1, 0.15) is 0 Å². The van der Waals surface area contributed by atoms with E-state index in [9.17, 15) is 13.2 Å². The van der Waals surface area contributed by atoms with E-state index < -0.39 is 10.0 Å². The minimum absolute atomic E-state index is 0.141. The first-order valence-corrected chi connectivity index (χ1v) is 10.8. The van der Waals surface area contributed by atoms with Gasteiger partial charge in [0.15, 0.2) is 0 Å². The zero-order chi connectivity index (χ0) is 21.0. The highest BCUT2D eigenvalue weighted by Crippen LogP contribution is 2.21. The monoisotopic (exact) mass is 408 g/mol. The van der Waals surface area contributed by atoms with E-state index in [4.69, 9.17) is 0 Å². The molecule has 29 heavy (non-hydrogen) atoms. The molecule has 1 N–H and O–H groups in total. The van der Waals surface area contributed by atoms with E-state index in [2.05, 4.69) is 5.32 Å². The predicted octanol–water partition coefficient (Wildman–Crippen LogP) is 4.63. The largest absolute Gasteiger partial charge is 0.322 e. The van der Waals surface area contributed by atoms with Gasteiger partial charge in [0.05, 0.1) is 4.90 Å². The van der Waals surface area contributed by atoms with Crippen molar-refractivity contribution in [3.63, 3.8) is 0 Å². The van der Waals surface area contributed by atoms with E-state index >= 15 is 0 Å². The Morgan fingerprint density at radius 1 is 0.828 bits per heavy atom. The molecule has 0 atom stereocenters. The number of nitrogens with zero attached hydrogens (tertiary/aromatic N) is 1. The molecule has 0 saturated heterocycles. The standard InChI is InChI=1S/C23H24N2O3S/c1-17(2)25(3)29(27,28)22-15-13-21(14-16-22)24-23(26)20-11-9-19(10-12-20)18-7-5-4-6-8-18/h4-17H,1-3H3,(H,24,26). The first-order valence-electron chi connectivity index (χ1n) is 9.34. The number of hydrogen-bond donors (Lipinski definition) is 1. The lowest BCUT2D eigenvalue weighted by molar-refractivity contribution is 0.102. The van der Waals surface area contributed by atoms with E-state index in [1.165, 1.54) is 16.4 Å². The molecule has 150 valence electrons. The predicted molar refractivity (Wildman–Crippen MR) is 116 cm³/mol. The van der Waals surface area contributed by atoms with Crippen molar-refractivity contribution in [2.24, 2.45) is 0 Å². The summed E-state index contributed by atoms with van der Waals surface area (Å²) in [7, 11) is -2.00. The van der Waals surface area contributed by atoms with Gasteiger partial charge in [0.2, 0.25) is 10.0 Å². The fourth-order valence-electron chi connectivity index (χ4n) is 2.80. The number of anilines is 1. The van der Waals surface area contributed by atoms with E-state index in [0.29, 0.717) is 11.3 Å². The maximum Gasteiger partial charge on any atom is 0.255 e. The van der Waals surface area contributed by atoms with Gasteiger partial charge in [0, 0.05) is 24.3 Å². The second-order valence-corrected chi connectivity index (χ2v) is 9.03. The van der Waals surface area contributed by atoms with Crippen molar-refractivity contribution in [2.45, 2.75) is 24.8 Å². The van der Waals surface area contributed by atoms with Crippen LogP contribution in [0.1, 0.15) is 24.2 Å². The lowest BCUT2D eigenvalue weighted by atomic mass is 10.0. The van der Waals surface area contributed by atoms with Crippen molar-refractivity contribution in [3.8, 4) is 11.1 Å². The zero-order valence-corrected chi connectivity index (χ0v) is 17.5. The van der Waals surface area contributed by atoms with Gasteiger partial charge in [-0.25, -0.2) is 8.42 Å². The van der Waals surface area contributed by atoms with Crippen LogP contribution in [0.4, 0.5) is 5.69 Å². The van der Waals surface area contributed by atoms with Crippen molar-refractivity contribution in [3.05, 3.63) is 84.4 Å². The van der Waals surface area contributed by atoms with Gasteiger partial charge in [0.25, 0.3) is 5.91 Å². The highest BCUT2D eigenvalue weighted by molar-refractivity contribution is 7.89. The van der Waals surface area contributed by atoms with Crippen molar-refractivity contribution in [1.82, 2.24) is 4.31 Å². The number of benzene rings is 3. The van der Waals surface area contributed by atoms with Crippen LogP contribution in [-0.4, -0.2) is 31.7 Å². The summed E-state index contributed by atoms with van der Waals surface area (Å²) in [6.07, 6.45) is 0. The van der Waals surface area contributed by atoms with Crippen LogP contribution in [0.3, 0.4) is 0 Å². The number of carbonyl (C=O) groups excluding carboxylic acids is 1. The zero-order valence-electron chi connectivity index (χ0n) is 16.7. The average molecular weight is 409 g/mol. The Kier molecular flexibility index (Phi) is 6.15. The molecule has 3 rings (SSSR count). The number of rotatable bonds is 6. The van der Waals surface area contributed by atoms with Crippen LogP contribution in [0.15, 0.2) is 83.8 Å². The van der Waals surface area contributed by atoms with Crippen LogP contribution >= 0.6 is 0 Å². The van der Waals surface area contributed by atoms with Crippen molar-refractivity contribution >= 4 is 21.6 Å². The molecule has 3 aromatic rings. The fourth-order valence-corrected chi connectivity index (χ4v) is 4.17. The van der Waals surface area contributed by atoms with Crippen LogP contribution < -0.4 is 5.32 Å². The summed E-state index contributed by atoms with van der Waals surface area (Å²) in [4.78, 5) is 12.7. The molecule has 0 aromatic heterocycles. The molecule has 0 aliphatic carbocycles. The molecule has 0 fully saturated rings. The van der Waals surface area contributed by atoms with Crippen LogP contribution in [0.2, 0.25) is 0 Å². The molecule has 3 aromatic carbocycles. The SMILES string of the molecule is CC(C)N(C)S(=O)(=O)c1ccc(NC(=O)c2ccc(-c3ccccc3)cc2)cc1. The lowest BCUT2D eigenvalue weighted by Gasteiger charge is -2.21. The summed E-state index contributed by atoms with van der Waals surface area (Å²) in [5.74, 6) is -0.250. The molecule has 0 spiro atoms. The van der Waals surface area contributed by atoms with Crippen LogP contribution in [0.25, 0.3) is 11.1 Å². The van der Waals surface area contributed by atoms with E-state index in [-0.39, 0.29) is 16.8 Å². The Balaban J connectivity index is 1.71. The average Bonchev–Trinajstić information content (AvgIpc) is 2.74. The quantitative estimate of drug-likeness (QED) is 0.646. The first kappa shape index (κ1) is 20.8. The highest BCUT2D eigenvalue weighted by Gasteiger charge is 2.22.